The van der Waals surface area contributed by atoms with Gasteiger partial charge in [-0.1, -0.05) is 37.3 Å². The molecule has 2 N–H and O–H groups in total. The van der Waals surface area contributed by atoms with E-state index in [9.17, 15) is 4.79 Å². The van der Waals surface area contributed by atoms with Gasteiger partial charge in [0, 0.05) is 25.0 Å². The van der Waals surface area contributed by atoms with Crippen LogP contribution in [0.25, 0.3) is 0 Å². The summed E-state index contributed by atoms with van der Waals surface area (Å²) in [7, 11) is 0. The van der Waals surface area contributed by atoms with Crippen molar-refractivity contribution < 1.29 is 9.53 Å². The number of rotatable bonds is 5. The fraction of sp³-hybridized carbons (Fsp3) is 0.611. The van der Waals surface area contributed by atoms with Gasteiger partial charge in [-0.2, -0.15) is 0 Å². The van der Waals surface area contributed by atoms with Gasteiger partial charge >= 0.3 is 0 Å². The van der Waals surface area contributed by atoms with Crippen LogP contribution in [-0.4, -0.2) is 32.1 Å². The second-order valence-corrected chi connectivity index (χ2v) is 6.56. The molecule has 4 nitrogen and oxygen atoms in total. The van der Waals surface area contributed by atoms with Crippen LogP contribution in [0, 0.1) is 17.8 Å². The summed E-state index contributed by atoms with van der Waals surface area (Å²) in [5, 5.41) is 6.39. The van der Waals surface area contributed by atoms with Crippen molar-refractivity contribution in [2.24, 2.45) is 17.8 Å². The minimum absolute atomic E-state index is 0.0981. The first-order chi connectivity index (χ1) is 10.8. The predicted octanol–water partition coefficient (Wildman–Crippen LogP) is 2.13. The summed E-state index contributed by atoms with van der Waals surface area (Å²) in [4.78, 5) is 12.3. The Morgan fingerprint density at radius 3 is 2.82 bits per heavy atom. The van der Waals surface area contributed by atoms with Crippen molar-refractivity contribution in [3.63, 3.8) is 0 Å². The van der Waals surface area contributed by atoms with Crippen LogP contribution in [0.15, 0.2) is 30.3 Å². The molecule has 2 aliphatic rings. The third-order valence-corrected chi connectivity index (χ3v) is 5.05. The van der Waals surface area contributed by atoms with Crippen molar-refractivity contribution in [3.8, 4) is 0 Å². The van der Waals surface area contributed by atoms with Gasteiger partial charge in [0.1, 0.15) is 0 Å². The molecule has 120 valence electrons. The topological polar surface area (TPSA) is 50.4 Å². The zero-order chi connectivity index (χ0) is 15.4. The summed E-state index contributed by atoms with van der Waals surface area (Å²) in [6.45, 7) is 5.49. The van der Waals surface area contributed by atoms with Crippen LogP contribution in [0.1, 0.15) is 31.4 Å². The maximum Gasteiger partial charge on any atom is 0.223 e. The third-order valence-electron chi connectivity index (χ3n) is 5.05. The van der Waals surface area contributed by atoms with E-state index >= 15 is 0 Å². The van der Waals surface area contributed by atoms with Gasteiger partial charge < -0.3 is 15.4 Å². The monoisotopic (exact) mass is 302 g/mol. The molecule has 1 aromatic carbocycles. The summed E-state index contributed by atoms with van der Waals surface area (Å²) < 4.78 is 5.99. The Balaban J connectivity index is 1.56. The summed E-state index contributed by atoms with van der Waals surface area (Å²) in [6, 6.07) is 10.4. The molecule has 1 aromatic rings. The van der Waals surface area contributed by atoms with E-state index in [1.165, 1.54) is 5.56 Å². The lowest BCUT2D eigenvalue weighted by Gasteiger charge is -2.34. The highest BCUT2D eigenvalue weighted by atomic mass is 16.5. The molecule has 3 unspecified atom stereocenters. The van der Waals surface area contributed by atoms with Gasteiger partial charge in [-0.3, -0.25) is 4.79 Å². The van der Waals surface area contributed by atoms with Gasteiger partial charge in [-0.15, -0.1) is 0 Å². The number of carbonyl (C=O) groups is 1. The highest BCUT2D eigenvalue weighted by molar-refractivity contribution is 5.78. The fourth-order valence-electron chi connectivity index (χ4n) is 3.33. The second-order valence-electron chi connectivity index (χ2n) is 6.56. The van der Waals surface area contributed by atoms with E-state index in [0.717, 1.165) is 32.5 Å². The first-order valence-corrected chi connectivity index (χ1v) is 8.40. The van der Waals surface area contributed by atoms with Crippen LogP contribution >= 0.6 is 0 Å². The maximum absolute atomic E-state index is 12.3. The van der Waals surface area contributed by atoms with Crippen LogP contribution in [0.3, 0.4) is 0 Å². The van der Waals surface area contributed by atoms with Gasteiger partial charge in [0.2, 0.25) is 5.91 Å². The van der Waals surface area contributed by atoms with Crippen LogP contribution < -0.4 is 10.6 Å². The van der Waals surface area contributed by atoms with E-state index in [0.29, 0.717) is 18.4 Å². The Bertz CT molecular complexity index is 487. The molecule has 3 atom stereocenters. The van der Waals surface area contributed by atoms with Crippen LogP contribution in [-0.2, 0) is 9.53 Å². The number of benzene rings is 1. The summed E-state index contributed by atoms with van der Waals surface area (Å²) in [6.07, 6.45) is 2.29. The molecule has 0 aromatic heterocycles. The molecule has 2 aliphatic heterocycles. The molecule has 2 saturated heterocycles. The first-order valence-electron chi connectivity index (χ1n) is 8.40. The highest BCUT2D eigenvalue weighted by Crippen LogP contribution is 2.33. The van der Waals surface area contributed by atoms with Crippen molar-refractivity contribution in [2.75, 3.05) is 26.2 Å². The number of nitrogens with one attached hydrogen (secondary N) is 2. The van der Waals surface area contributed by atoms with Crippen molar-refractivity contribution in [1.29, 1.82) is 0 Å². The molecule has 0 bridgehead atoms. The molecular weight excluding hydrogens is 276 g/mol. The normalized spacial score (nSPS) is 27.0. The van der Waals surface area contributed by atoms with E-state index in [1.54, 1.807) is 0 Å². The Kier molecular flexibility index (Phi) is 5.11. The van der Waals surface area contributed by atoms with Gasteiger partial charge in [0.05, 0.1) is 6.10 Å². The van der Waals surface area contributed by atoms with Crippen LogP contribution in [0.5, 0.6) is 0 Å². The third kappa shape index (κ3) is 3.50. The first kappa shape index (κ1) is 15.5. The zero-order valence-electron chi connectivity index (χ0n) is 13.3. The van der Waals surface area contributed by atoms with E-state index in [1.807, 2.05) is 13.0 Å². The van der Waals surface area contributed by atoms with Crippen molar-refractivity contribution in [3.05, 3.63) is 35.9 Å². The largest absolute Gasteiger partial charge is 0.373 e. The standard InChI is InChI=1S/C18H26N2O2/c1-13(16-10-19-11-16)18(21)20-12-15-8-5-9-22-17(15)14-6-3-2-4-7-14/h2-4,6-7,13,15-17,19H,5,8-12H2,1H3,(H,20,21). The van der Waals surface area contributed by atoms with Crippen molar-refractivity contribution in [1.82, 2.24) is 10.6 Å². The molecular formula is C18H26N2O2. The number of hydrogen-bond acceptors (Lipinski definition) is 3. The quantitative estimate of drug-likeness (QED) is 0.876. The Hall–Kier alpha value is -1.39. The van der Waals surface area contributed by atoms with Crippen LogP contribution in [0.4, 0.5) is 0 Å². The minimum Gasteiger partial charge on any atom is -0.373 e. The molecule has 2 heterocycles. The lowest BCUT2D eigenvalue weighted by molar-refractivity contribution is -0.127. The van der Waals surface area contributed by atoms with E-state index in [4.69, 9.17) is 4.74 Å². The molecule has 22 heavy (non-hydrogen) atoms. The van der Waals surface area contributed by atoms with E-state index < -0.39 is 0 Å². The zero-order valence-corrected chi connectivity index (χ0v) is 13.3. The smallest absolute Gasteiger partial charge is 0.223 e. The van der Waals surface area contributed by atoms with Gasteiger partial charge in [-0.25, -0.2) is 0 Å². The number of amides is 1. The summed E-state index contributed by atoms with van der Waals surface area (Å²) >= 11 is 0. The van der Waals surface area contributed by atoms with Gasteiger partial charge in [-0.05, 0) is 37.4 Å². The molecule has 3 rings (SSSR count). The SMILES string of the molecule is CC(C(=O)NCC1CCCOC1c1ccccc1)C1CNC1. The molecule has 2 fully saturated rings. The Labute approximate surface area is 132 Å². The predicted molar refractivity (Wildman–Crippen MR) is 86.4 cm³/mol. The maximum atomic E-state index is 12.3. The molecule has 1 amide bonds. The highest BCUT2D eigenvalue weighted by Gasteiger charge is 2.31. The molecule has 4 heteroatoms. The average molecular weight is 302 g/mol. The lowest BCUT2D eigenvalue weighted by atomic mass is 9.87. The lowest BCUT2D eigenvalue weighted by Crippen LogP contribution is -2.50. The van der Waals surface area contributed by atoms with Gasteiger partial charge in [0.25, 0.3) is 0 Å². The van der Waals surface area contributed by atoms with Crippen molar-refractivity contribution in [2.45, 2.75) is 25.9 Å². The molecule has 0 saturated carbocycles. The molecule has 0 radical (unpaired) electrons. The molecule has 0 aliphatic carbocycles. The number of ether oxygens (including phenoxy) is 1. The average Bonchev–Trinajstić information content (AvgIpc) is 2.52. The van der Waals surface area contributed by atoms with Gasteiger partial charge in [0.15, 0.2) is 0 Å². The minimum atomic E-state index is 0.0981. The van der Waals surface area contributed by atoms with E-state index in [2.05, 4.69) is 34.9 Å². The number of carbonyl (C=O) groups excluding carboxylic acids is 1. The number of hydrogen-bond donors (Lipinski definition) is 2. The Morgan fingerprint density at radius 2 is 2.14 bits per heavy atom. The fourth-order valence-corrected chi connectivity index (χ4v) is 3.33. The Morgan fingerprint density at radius 1 is 1.36 bits per heavy atom. The second kappa shape index (κ2) is 7.25. The summed E-state index contributed by atoms with van der Waals surface area (Å²) in [5.74, 6) is 1.14. The van der Waals surface area contributed by atoms with Crippen molar-refractivity contribution >= 4 is 5.91 Å². The summed E-state index contributed by atoms with van der Waals surface area (Å²) in [5.41, 5.74) is 1.22. The molecule has 0 spiro atoms. The van der Waals surface area contributed by atoms with E-state index in [-0.39, 0.29) is 17.9 Å². The van der Waals surface area contributed by atoms with Crippen LogP contribution in [0.2, 0.25) is 0 Å².